The maximum Gasteiger partial charge on any atom is 0.186 e. The predicted octanol–water partition coefficient (Wildman–Crippen LogP) is 0.929. The van der Waals surface area contributed by atoms with Crippen LogP contribution in [0.5, 0.6) is 0 Å². The van der Waals surface area contributed by atoms with Crippen LogP contribution >= 0.6 is 0 Å². The lowest BCUT2D eigenvalue weighted by atomic mass is 10.1. The smallest absolute Gasteiger partial charge is 0.186 e. The number of hydrogen-bond donors (Lipinski definition) is 2. The highest BCUT2D eigenvalue weighted by Crippen LogP contribution is 2.07. The van der Waals surface area contributed by atoms with E-state index in [1.807, 2.05) is 6.07 Å². The van der Waals surface area contributed by atoms with Gasteiger partial charge in [0.25, 0.3) is 0 Å². The molecule has 0 fully saturated rings. The van der Waals surface area contributed by atoms with Crippen molar-refractivity contribution < 1.29 is 4.39 Å². The third-order valence-corrected chi connectivity index (χ3v) is 1.59. The first kappa shape index (κ1) is 9.51. The van der Waals surface area contributed by atoms with Gasteiger partial charge in [0, 0.05) is 0 Å². The molecule has 0 saturated carbocycles. The monoisotopic (exact) mass is 181 g/mol. The second kappa shape index (κ2) is 4.45. The summed E-state index contributed by atoms with van der Waals surface area (Å²) in [4.78, 5) is 3.82. The number of benzene rings is 1. The summed E-state index contributed by atoms with van der Waals surface area (Å²) in [5, 5.41) is 0. The molecule has 13 heavy (non-hydrogen) atoms. The molecule has 1 aromatic carbocycles. The van der Waals surface area contributed by atoms with E-state index in [0.717, 1.165) is 5.56 Å². The van der Waals surface area contributed by atoms with E-state index < -0.39 is 6.67 Å². The molecule has 0 aliphatic carbocycles. The largest absolute Gasteiger partial charge is 0.370 e. The molecule has 0 aromatic heterocycles. The van der Waals surface area contributed by atoms with Gasteiger partial charge in [-0.3, -0.25) is 0 Å². The first-order valence-corrected chi connectivity index (χ1v) is 3.91. The molecule has 0 amide bonds. The molecule has 4 N–H and O–H groups in total. The van der Waals surface area contributed by atoms with Crippen molar-refractivity contribution in [3.63, 3.8) is 0 Å². The Morgan fingerprint density at radius 1 is 1.31 bits per heavy atom. The Morgan fingerprint density at radius 3 is 2.62 bits per heavy atom. The number of nitrogens with two attached hydrogens (primary N) is 2. The highest BCUT2D eigenvalue weighted by atomic mass is 19.1. The zero-order valence-corrected chi connectivity index (χ0v) is 7.20. The molecule has 3 nitrogen and oxygen atoms in total. The molecule has 0 saturated heterocycles. The summed E-state index contributed by atoms with van der Waals surface area (Å²) >= 11 is 0. The number of nitrogens with zero attached hydrogens (tertiary/aromatic N) is 1. The highest BCUT2D eigenvalue weighted by Gasteiger charge is 1.94. The molecule has 70 valence electrons. The summed E-state index contributed by atoms with van der Waals surface area (Å²) < 4.78 is 12.2. The maximum atomic E-state index is 12.2. The minimum Gasteiger partial charge on any atom is -0.370 e. The Balaban J connectivity index is 2.72. The van der Waals surface area contributed by atoms with Crippen LogP contribution in [0.2, 0.25) is 0 Å². The molecular formula is C9H12FN3. The second-order valence-corrected chi connectivity index (χ2v) is 2.69. The van der Waals surface area contributed by atoms with E-state index >= 15 is 0 Å². The lowest BCUT2D eigenvalue weighted by Gasteiger charge is -1.99. The van der Waals surface area contributed by atoms with Crippen molar-refractivity contribution in [1.82, 2.24) is 0 Å². The number of aliphatic imine (C=N–C) groups is 1. The van der Waals surface area contributed by atoms with Gasteiger partial charge in [0.1, 0.15) is 6.67 Å². The van der Waals surface area contributed by atoms with Gasteiger partial charge in [-0.05, 0) is 11.1 Å². The minimum absolute atomic E-state index is 0.0469. The zero-order valence-electron chi connectivity index (χ0n) is 7.20. The van der Waals surface area contributed by atoms with Crippen LogP contribution in [0.4, 0.5) is 4.39 Å². The quantitative estimate of drug-likeness (QED) is 0.538. The molecule has 0 atom stereocenters. The summed E-state index contributed by atoms with van der Waals surface area (Å²) in [6.45, 7) is -0.0637. The van der Waals surface area contributed by atoms with Gasteiger partial charge in [0.05, 0.1) is 6.54 Å². The molecule has 0 heterocycles. The first-order valence-electron chi connectivity index (χ1n) is 3.91. The van der Waals surface area contributed by atoms with Crippen molar-refractivity contribution in [1.29, 1.82) is 0 Å². The molecule has 0 radical (unpaired) electrons. The van der Waals surface area contributed by atoms with Gasteiger partial charge >= 0.3 is 0 Å². The molecule has 1 rings (SSSR count). The maximum absolute atomic E-state index is 12.2. The van der Waals surface area contributed by atoms with Gasteiger partial charge in [0.2, 0.25) is 0 Å². The fraction of sp³-hybridized carbons (Fsp3) is 0.222. The zero-order chi connectivity index (χ0) is 9.68. The summed E-state index contributed by atoms with van der Waals surface area (Å²) in [5.74, 6) is 0.0469. The van der Waals surface area contributed by atoms with Crippen molar-refractivity contribution in [3.8, 4) is 0 Å². The van der Waals surface area contributed by atoms with E-state index in [9.17, 15) is 4.39 Å². The minimum atomic E-state index is -0.463. The van der Waals surface area contributed by atoms with E-state index in [4.69, 9.17) is 11.5 Å². The number of rotatable bonds is 3. The third kappa shape index (κ3) is 3.11. The highest BCUT2D eigenvalue weighted by molar-refractivity contribution is 5.75. The van der Waals surface area contributed by atoms with Crippen LogP contribution < -0.4 is 11.5 Å². The van der Waals surface area contributed by atoms with Crippen molar-refractivity contribution in [2.75, 3.05) is 0 Å². The van der Waals surface area contributed by atoms with E-state index in [-0.39, 0.29) is 5.96 Å². The van der Waals surface area contributed by atoms with Crippen LogP contribution in [0.25, 0.3) is 0 Å². The second-order valence-electron chi connectivity index (χ2n) is 2.69. The number of guanidine groups is 1. The van der Waals surface area contributed by atoms with Crippen LogP contribution in [0.3, 0.4) is 0 Å². The SMILES string of the molecule is NC(N)=NCc1cccc(CF)c1. The van der Waals surface area contributed by atoms with E-state index in [0.29, 0.717) is 12.1 Å². The molecular weight excluding hydrogens is 169 g/mol. The van der Waals surface area contributed by atoms with Gasteiger partial charge < -0.3 is 11.5 Å². The predicted molar refractivity (Wildman–Crippen MR) is 50.8 cm³/mol. The van der Waals surface area contributed by atoms with Gasteiger partial charge in [-0.1, -0.05) is 24.3 Å². The van der Waals surface area contributed by atoms with Crippen LogP contribution in [0, 0.1) is 0 Å². The molecule has 1 aromatic rings. The van der Waals surface area contributed by atoms with Crippen molar-refractivity contribution in [3.05, 3.63) is 35.4 Å². The molecule has 0 aliphatic heterocycles. The van der Waals surface area contributed by atoms with Crippen molar-refractivity contribution in [2.45, 2.75) is 13.2 Å². The molecule has 4 heteroatoms. The molecule has 0 unspecified atom stereocenters. The van der Waals surface area contributed by atoms with Gasteiger partial charge in [-0.25, -0.2) is 9.38 Å². The number of hydrogen-bond acceptors (Lipinski definition) is 1. The van der Waals surface area contributed by atoms with Crippen molar-refractivity contribution >= 4 is 5.96 Å². The van der Waals surface area contributed by atoms with Crippen molar-refractivity contribution in [2.24, 2.45) is 16.5 Å². The van der Waals surface area contributed by atoms with Crippen LogP contribution in [0.15, 0.2) is 29.3 Å². The molecule has 0 aliphatic rings. The van der Waals surface area contributed by atoms with Crippen LogP contribution in [-0.2, 0) is 13.2 Å². The standard InChI is InChI=1S/C9H12FN3/c10-5-7-2-1-3-8(4-7)6-13-9(11)12/h1-4H,5-6H2,(H4,11,12,13). The average Bonchev–Trinajstić information content (AvgIpc) is 2.15. The Morgan fingerprint density at radius 2 is 2.00 bits per heavy atom. The summed E-state index contributed by atoms with van der Waals surface area (Å²) in [5.41, 5.74) is 11.9. The molecule has 0 spiro atoms. The summed E-state index contributed by atoms with van der Waals surface area (Å²) in [6, 6.07) is 7.10. The molecule has 0 bridgehead atoms. The Kier molecular flexibility index (Phi) is 3.25. The van der Waals surface area contributed by atoms with E-state index in [1.165, 1.54) is 0 Å². The van der Waals surface area contributed by atoms with Gasteiger partial charge in [0.15, 0.2) is 5.96 Å². The Hall–Kier alpha value is -1.58. The fourth-order valence-corrected chi connectivity index (χ4v) is 0.994. The third-order valence-electron chi connectivity index (χ3n) is 1.59. The Labute approximate surface area is 76.3 Å². The van der Waals surface area contributed by atoms with Crippen LogP contribution in [0.1, 0.15) is 11.1 Å². The first-order chi connectivity index (χ1) is 6.22. The lowest BCUT2D eigenvalue weighted by molar-refractivity contribution is 0.485. The average molecular weight is 181 g/mol. The summed E-state index contributed by atoms with van der Waals surface area (Å²) in [6.07, 6.45) is 0. The van der Waals surface area contributed by atoms with E-state index in [1.54, 1.807) is 18.2 Å². The van der Waals surface area contributed by atoms with Gasteiger partial charge in [-0.2, -0.15) is 0 Å². The lowest BCUT2D eigenvalue weighted by Crippen LogP contribution is -2.22. The fourth-order valence-electron chi connectivity index (χ4n) is 0.994. The number of halogens is 1. The normalized spacial score (nSPS) is 9.62. The summed E-state index contributed by atoms with van der Waals surface area (Å²) in [7, 11) is 0. The Bertz CT molecular complexity index is 305. The van der Waals surface area contributed by atoms with Crippen LogP contribution in [-0.4, -0.2) is 5.96 Å². The topological polar surface area (TPSA) is 64.4 Å². The van der Waals surface area contributed by atoms with E-state index in [2.05, 4.69) is 4.99 Å². The number of alkyl halides is 1. The van der Waals surface area contributed by atoms with Gasteiger partial charge in [-0.15, -0.1) is 0 Å².